The Morgan fingerprint density at radius 1 is 0.970 bits per heavy atom. The number of nitrogens with zero attached hydrogens (tertiary/aromatic N) is 3. The molecular weight excluding hydrogens is 506 g/mol. The Kier molecular flexibility index (Phi) is 8.45. The number of hydrazone groups is 1. The number of rotatable bonds is 6. The summed E-state index contributed by atoms with van der Waals surface area (Å²) in [5.41, 5.74) is 10.6. The average molecular weight is 527 g/mol. The smallest absolute Gasteiger partial charge is 0.232 e. The molecule has 0 aliphatic carbocycles. The summed E-state index contributed by atoms with van der Waals surface area (Å²) in [5, 5.41) is 20.4. The van der Waals surface area contributed by atoms with Gasteiger partial charge in [0, 0.05) is 21.4 Å². The van der Waals surface area contributed by atoms with Gasteiger partial charge in [-0.05, 0) is 36.4 Å². The van der Waals surface area contributed by atoms with Crippen LogP contribution in [0.15, 0.2) is 105 Å². The zero-order chi connectivity index (χ0) is 23.6. The minimum Gasteiger partial charge on any atom is -0.506 e. The average Bonchev–Trinajstić information content (AvgIpc) is 2.78. The fourth-order valence-electron chi connectivity index (χ4n) is 2.57. The lowest BCUT2D eigenvalue weighted by Crippen LogP contribution is -2.30. The van der Waals surface area contributed by atoms with E-state index < -0.39 is 0 Å². The highest BCUT2D eigenvalue weighted by molar-refractivity contribution is 9.10. The standard InChI is InChI=1S/C23H21BrClN7O/c1-15(28-18-8-4-2-5-9-18)29-23(30-19-10-6-3-7-11-19)31-22(26)32-27-14-16-12-17(24)13-20(25)21(16)33/h2-14,28,33H,1H2,(H4,26,29,30,31,32)/b27-14+. The van der Waals surface area contributed by atoms with Gasteiger partial charge in [0.25, 0.3) is 0 Å². The predicted octanol–water partition coefficient (Wildman–Crippen LogP) is 5.10. The summed E-state index contributed by atoms with van der Waals surface area (Å²) in [6.45, 7) is 3.92. The van der Waals surface area contributed by atoms with Gasteiger partial charge in [-0.15, -0.1) is 0 Å². The molecule has 0 aliphatic heterocycles. The first-order chi connectivity index (χ1) is 15.9. The van der Waals surface area contributed by atoms with Crippen molar-refractivity contribution in [2.45, 2.75) is 0 Å². The van der Waals surface area contributed by atoms with Gasteiger partial charge in [-0.1, -0.05) is 70.5 Å². The fourth-order valence-corrected chi connectivity index (χ4v) is 3.40. The molecular formula is C23H21BrClN7O. The molecule has 8 nitrogen and oxygen atoms in total. The van der Waals surface area contributed by atoms with E-state index in [0.29, 0.717) is 15.9 Å². The van der Waals surface area contributed by atoms with Gasteiger partial charge in [0.05, 0.1) is 11.2 Å². The van der Waals surface area contributed by atoms with E-state index in [1.54, 1.807) is 12.1 Å². The summed E-state index contributed by atoms with van der Waals surface area (Å²) >= 11 is 9.28. The van der Waals surface area contributed by atoms with Gasteiger partial charge in [-0.25, -0.2) is 5.43 Å². The summed E-state index contributed by atoms with van der Waals surface area (Å²) in [7, 11) is 0. The van der Waals surface area contributed by atoms with Crippen molar-refractivity contribution >= 4 is 57.0 Å². The SMILES string of the molecule is C=C(N=C(N=C(N)N/N=C/c1cc(Br)cc(Cl)c1O)Nc1ccccc1)Nc1ccccc1. The third-order valence-electron chi connectivity index (χ3n) is 4.00. The van der Waals surface area contributed by atoms with Crippen molar-refractivity contribution < 1.29 is 5.11 Å². The first kappa shape index (κ1) is 23.8. The summed E-state index contributed by atoms with van der Waals surface area (Å²) < 4.78 is 0.694. The van der Waals surface area contributed by atoms with Crippen LogP contribution in [-0.4, -0.2) is 23.2 Å². The van der Waals surface area contributed by atoms with Crippen LogP contribution in [0.3, 0.4) is 0 Å². The number of aliphatic imine (C=N–C) groups is 2. The number of benzene rings is 3. The van der Waals surface area contributed by atoms with Crippen molar-refractivity contribution in [2.24, 2.45) is 20.8 Å². The zero-order valence-electron chi connectivity index (χ0n) is 17.3. The lowest BCUT2D eigenvalue weighted by Gasteiger charge is -2.09. The molecule has 0 saturated carbocycles. The van der Waals surface area contributed by atoms with E-state index in [1.165, 1.54) is 6.21 Å². The van der Waals surface area contributed by atoms with Gasteiger partial charge in [0.1, 0.15) is 11.6 Å². The molecule has 33 heavy (non-hydrogen) atoms. The van der Waals surface area contributed by atoms with E-state index in [0.717, 1.165) is 11.4 Å². The number of phenolic OH excluding ortho intramolecular Hbond substituents is 1. The minimum absolute atomic E-state index is 0.0403. The molecule has 6 N–H and O–H groups in total. The fraction of sp³-hybridized carbons (Fsp3) is 0. The second-order valence-corrected chi connectivity index (χ2v) is 7.88. The van der Waals surface area contributed by atoms with Crippen molar-refractivity contribution in [3.8, 4) is 5.75 Å². The Morgan fingerprint density at radius 3 is 2.21 bits per heavy atom. The third-order valence-corrected chi connectivity index (χ3v) is 4.75. The largest absolute Gasteiger partial charge is 0.506 e. The Balaban J connectivity index is 1.77. The number of halogens is 2. The minimum atomic E-state index is -0.0998. The lowest BCUT2D eigenvalue weighted by atomic mass is 10.2. The number of guanidine groups is 2. The van der Waals surface area contributed by atoms with E-state index in [9.17, 15) is 5.11 Å². The highest BCUT2D eigenvalue weighted by Crippen LogP contribution is 2.30. The number of anilines is 2. The van der Waals surface area contributed by atoms with E-state index in [4.69, 9.17) is 17.3 Å². The molecule has 0 atom stereocenters. The molecule has 0 radical (unpaired) electrons. The van der Waals surface area contributed by atoms with Crippen LogP contribution in [0.4, 0.5) is 11.4 Å². The second-order valence-electron chi connectivity index (χ2n) is 6.56. The molecule has 0 aliphatic rings. The van der Waals surface area contributed by atoms with Crippen LogP contribution < -0.4 is 21.8 Å². The summed E-state index contributed by atoms with van der Waals surface area (Å²) in [6.07, 6.45) is 1.37. The van der Waals surface area contributed by atoms with E-state index in [-0.39, 0.29) is 22.7 Å². The maximum absolute atomic E-state index is 10.0. The van der Waals surface area contributed by atoms with Crippen molar-refractivity contribution in [2.75, 3.05) is 10.6 Å². The van der Waals surface area contributed by atoms with Crippen molar-refractivity contribution in [1.82, 2.24) is 5.43 Å². The number of nitrogens with one attached hydrogen (secondary N) is 3. The van der Waals surface area contributed by atoms with Gasteiger partial charge in [-0.3, -0.25) is 0 Å². The van der Waals surface area contributed by atoms with Crippen LogP contribution in [0.5, 0.6) is 5.75 Å². The number of phenols is 1. The van der Waals surface area contributed by atoms with Crippen LogP contribution in [0.2, 0.25) is 5.02 Å². The predicted molar refractivity (Wildman–Crippen MR) is 140 cm³/mol. The molecule has 10 heteroatoms. The van der Waals surface area contributed by atoms with E-state index in [2.05, 4.69) is 53.7 Å². The van der Waals surface area contributed by atoms with Gasteiger partial charge in [-0.2, -0.15) is 15.1 Å². The number of aromatic hydroxyl groups is 1. The summed E-state index contributed by atoms with van der Waals surface area (Å²) in [5.74, 6) is 0.398. The maximum atomic E-state index is 10.0. The highest BCUT2D eigenvalue weighted by atomic mass is 79.9. The topological polar surface area (TPSA) is 119 Å². The van der Waals surface area contributed by atoms with Gasteiger partial charge in [0.15, 0.2) is 0 Å². The second kappa shape index (κ2) is 11.7. The molecule has 0 unspecified atom stereocenters. The summed E-state index contributed by atoms with van der Waals surface area (Å²) in [6, 6.07) is 22.1. The lowest BCUT2D eigenvalue weighted by molar-refractivity contribution is 0.474. The van der Waals surface area contributed by atoms with Crippen LogP contribution in [0, 0.1) is 0 Å². The van der Waals surface area contributed by atoms with Crippen LogP contribution in [0.1, 0.15) is 5.56 Å². The molecule has 3 aromatic carbocycles. The highest BCUT2D eigenvalue weighted by Gasteiger charge is 2.06. The maximum Gasteiger partial charge on any atom is 0.232 e. The van der Waals surface area contributed by atoms with Crippen molar-refractivity contribution in [3.05, 3.63) is 100 Å². The Labute approximate surface area is 204 Å². The molecule has 0 amide bonds. The Hall–Kier alpha value is -3.82. The molecule has 0 bridgehead atoms. The molecule has 0 fully saturated rings. The number of hydrogen-bond donors (Lipinski definition) is 5. The van der Waals surface area contributed by atoms with E-state index in [1.807, 2.05) is 60.7 Å². The molecule has 168 valence electrons. The molecule has 0 spiro atoms. The van der Waals surface area contributed by atoms with Crippen molar-refractivity contribution in [1.29, 1.82) is 0 Å². The van der Waals surface area contributed by atoms with Crippen LogP contribution in [-0.2, 0) is 0 Å². The van der Waals surface area contributed by atoms with Crippen LogP contribution in [0.25, 0.3) is 0 Å². The molecule has 0 saturated heterocycles. The summed E-state index contributed by atoms with van der Waals surface area (Å²) in [4.78, 5) is 8.64. The zero-order valence-corrected chi connectivity index (χ0v) is 19.7. The number of hydrogen-bond acceptors (Lipinski definition) is 4. The molecule has 3 aromatic rings. The Morgan fingerprint density at radius 2 is 1.58 bits per heavy atom. The molecule has 3 rings (SSSR count). The number of nitrogens with two attached hydrogens (primary N) is 1. The normalized spacial score (nSPS) is 11.9. The Bertz CT molecular complexity index is 1200. The van der Waals surface area contributed by atoms with Gasteiger partial charge >= 0.3 is 0 Å². The number of para-hydroxylation sites is 2. The van der Waals surface area contributed by atoms with Crippen LogP contribution >= 0.6 is 27.5 Å². The first-order valence-electron chi connectivity index (χ1n) is 9.63. The molecule has 0 heterocycles. The van der Waals surface area contributed by atoms with E-state index >= 15 is 0 Å². The monoisotopic (exact) mass is 525 g/mol. The quantitative estimate of drug-likeness (QED) is 0.174. The van der Waals surface area contributed by atoms with Crippen molar-refractivity contribution in [3.63, 3.8) is 0 Å². The van der Waals surface area contributed by atoms with Gasteiger partial charge in [0.2, 0.25) is 11.9 Å². The van der Waals surface area contributed by atoms with Gasteiger partial charge < -0.3 is 21.5 Å². The third kappa shape index (κ3) is 7.67. The molecule has 0 aromatic heterocycles. The first-order valence-corrected chi connectivity index (χ1v) is 10.8.